The van der Waals surface area contributed by atoms with E-state index < -0.39 is 0 Å². The summed E-state index contributed by atoms with van der Waals surface area (Å²) in [6.45, 7) is 1.93. The van der Waals surface area contributed by atoms with Crippen molar-refractivity contribution in [1.29, 1.82) is 0 Å². The minimum atomic E-state index is 0.0660. The molecule has 0 aliphatic carbocycles. The number of thiophene rings is 1. The van der Waals surface area contributed by atoms with Crippen molar-refractivity contribution >= 4 is 16.3 Å². The first-order chi connectivity index (χ1) is 4.22. The molecule has 1 aromatic rings. The molecule has 0 aliphatic heterocycles. The van der Waals surface area contributed by atoms with Gasteiger partial charge in [0, 0.05) is 11.6 Å². The maximum Gasteiger partial charge on any atom is 0.0904 e. The van der Waals surface area contributed by atoms with E-state index in [0.717, 1.165) is 10.6 Å². The van der Waals surface area contributed by atoms with E-state index in [4.69, 9.17) is 11.5 Å². The molecule has 0 amide bonds. The molecule has 0 aliphatic rings. The van der Waals surface area contributed by atoms with E-state index in [1.807, 2.05) is 18.4 Å². The summed E-state index contributed by atoms with van der Waals surface area (Å²) >= 11 is 1.53. The SMILES string of the molecule is C[C@H](N)c1ccsc1N. The fourth-order valence-electron chi connectivity index (χ4n) is 0.707. The minimum absolute atomic E-state index is 0.0660. The van der Waals surface area contributed by atoms with Gasteiger partial charge in [0.25, 0.3) is 0 Å². The first-order valence-corrected chi connectivity index (χ1v) is 3.68. The summed E-state index contributed by atoms with van der Waals surface area (Å²) in [5, 5.41) is 2.79. The standard InChI is InChI=1S/C6H10N2S/c1-4(7)5-2-3-9-6(5)8/h2-4H,7-8H2,1H3/t4-/m0/s1. The lowest BCUT2D eigenvalue weighted by Crippen LogP contribution is -2.05. The molecular weight excluding hydrogens is 132 g/mol. The first-order valence-electron chi connectivity index (χ1n) is 2.80. The van der Waals surface area contributed by atoms with Crippen LogP contribution < -0.4 is 11.5 Å². The number of hydrogen-bond donors (Lipinski definition) is 2. The van der Waals surface area contributed by atoms with Crippen LogP contribution in [0.1, 0.15) is 18.5 Å². The van der Waals surface area contributed by atoms with Crippen LogP contribution in [-0.2, 0) is 0 Å². The van der Waals surface area contributed by atoms with Crippen LogP contribution in [0.4, 0.5) is 5.00 Å². The van der Waals surface area contributed by atoms with Crippen molar-refractivity contribution in [3.05, 3.63) is 17.0 Å². The van der Waals surface area contributed by atoms with Gasteiger partial charge in [0.1, 0.15) is 0 Å². The van der Waals surface area contributed by atoms with Crippen LogP contribution in [0.3, 0.4) is 0 Å². The van der Waals surface area contributed by atoms with Gasteiger partial charge in [-0.05, 0) is 18.4 Å². The number of nitrogens with two attached hydrogens (primary N) is 2. The predicted octanol–water partition coefficient (Wildman–Crippen LogP) is 1.35. The first kappa shape index (κ1) is 6.58. The van der Waals surface area contributed by atoms with Gasteiger partial charge in [-0.2, -0.15) is 0 Å². The van der Waals surface area contributed by atoms with Crippen LogP contribution in [0.5, 0.6) is 0 Å². The van der Waals surface area contributed by atoms with Crippen molar-refractivity contribution in [2.75, 3.05) is 5.73 Å². The van der Waals surface area contributed by atoms with E-state index in [1.54, 1.807) is 0 Å². The maximum absolute atomic E-state index is 5.59. The molecule has 50 valence electrons. The maximum atomic E-state index is 5.59. The van der Waals surface area contributed by atoms with Crippen molar-refractivity contribution < 1.29 is 0 Å². The van der Waals surface area contributed by atoms with Crippen LogP contribution in [0.15, 0.2) is 11.4 Å². The molecule has 0 aromatic carbocycles. The Labute approximate surface area is 58.5 Å². The van der Waals surface area contributed by atoms with Gasteiger partial charge < -0.3 is 11.5 Å². The zero-order chi connectivity index (χ0) is 6.85. The summed E-state index contributed by atoms with van der Waals surface area (Å²) in [4.78, 5) is 0. The van der Waals surface area contributed by atoms with Crippen molar-refractivity contribution in [2.24, 2.45) is 5.73 Å². The Balaban J connectivity index is 2.94. The molecule has 0 fully saturated rings. The van der Waals surface area contributed by atoms with Crippen molar-refractivity contribution in [1.82, 2.24) is 0 Å². The van der Waals surface area contributed by atoms with Gasteiger partial charge in [-0.1, -0.05) is 0 Å². The molecule has 1 aromatic heterocycles. The van der Waals surface area contributed by atoms with Gasteiger partial charge in [0.2, 0.25) is 0 Å². The summed E-state index contributed by atoms with van der Waals surface area (Å²) in [5.41, 5.74) is 12.2. The fourth-order valence-corrected chi connectivity index (χ4v) is 1.46. The third kappa shape index (κ3) is 1.23. The zero-order valence-corrected chi connectivity index (χ0v) is 6.11. The van der Waals surface area contributed by atoms with E-state index >= 15 is 0 Å². The topological polar surface area (TPSA) is 52.0 Å². The largest absolute Gasteiger partial charge is 0.390 e. The Morgan fingerprint density at radius 3 is 2.56 bits per heavy atom. The molecule has 9 heavy (non-hydrogen) atoms. The number of rotatable bonds is 1. The number of nitrogen functional groups attached to an aromatic ring is 1. The minimum Gasteiger partial charge on any atom is -0.390 e. The van der Waals surface area contributed by atoms with Gasteiger partial charge in [0.05, 0.1) is 5.00 Å². The normalized spacial score (nSPS) is 13.6. The predicted molar refractivity (Wildman–Crippen MR) is 41.3 cm³/mol. The van der Waals surface area contributed by atoms with Crippen LogP contribution in [-0.4, -0.2) is 0 Å². The lowest BCUT2D eigenvalue weighted by molar-refractivity contribution is 0.825. The van der Waals surface area contributed by atoms with Gasteiger partial charge in [-0.3, -0.25) is 0 Å². The molecule has 1 rings (SSSR count). The molecule has 0 spiro atoms. The quantitative estimate of drug-likeness (QED) is 0.622. The highest BCUT2D eigenvalue weighted by atomic mass is 32.1. The van der Waals surface area contributed by atoms with Crippen molar-refractivity contribution in [3.8, 4) is 0 Å². The van der Waals surface area contributed by atoms with Gasteiger partial charge >= 0.3 is 0 Å². The molecule has 0 radical (unpaired) electrons. The van der Waals surface area contributed by atoms with E-state index in [-0.39, 0.29) is 6.04 Å². The highest BCUT2D eigenvalue weighted by Gasteiger charge is 2.03. The summed E-state index contributed by atoms with van der Waals surface area (Å²) in [5.74, 6) is 0. The Kier molecular flexibility index (Phi) is 1.73. The molecule has 2 nitrogen and oxygen atoms in total. The lowest BCUT2D eigenvalue weighted by Gasteiger charge is -2.01. The molecule has 0 saturated heterocycles. The van der Waals surface area contributed by atoms with E-state index in [2.05, 4.69) is 0 Å². The third-order valence-corrected chi connectivity index (χ3v) is 1.98. The summed E-state index contributed by atoms with van der Waals surface area (Å²) in [6, 6.07) is 2.03. The highest BCUT2D eigenvalue weighted by molar-refractivity contribution is 7.14. The van der Waals surface area contributed by atoms with E-state index in [9.17, 15) is 0 Å². The molecule has 4 N–H and O–H groups in total. The average Bonchev–Trinajstić information content (AvgIpc) is 2.13. The van der Waals surface area contributed by atoms with Crippen LogP contribution in [0.25, 0.3) is 0 Å². The Bertz CT molecular complexity index is 193. The monoisotopic (exact) mass is 142 g/mol. The van der Waals surface area contributed by atoms with Gasteiger partial charge in [-0.25, -0.2) is 0 Å². The summed E-state index contributed by atoms with van der Waals surface area (Å²) in [6.07, 6.45) is 0. The number of anilines is 1. The molecule has 1 heterocycles. The Hall–Kier alpha value is -0.540. The highest BCUT2D eigenvalue weighted by Crippen LogP contribution is 2.23. The molecule has 0 unspecified atom stereocenters. The van der Waals surface area contributed by atoms with E-state index in [0.29, 0.717) is 0 Å². The molecule has 3 heteroatoms. The number of hydrogen-bond acceptors (Lipinski definition) is 3. The van der Waals surface area contributed by atoms with Gasteiger partial charge in [0.15, 0.2) is 0 Å². The summed E-state index contributed by atoms with van der Waals surface area (Å²) < 4.78 is 0. The molecule has 0 saturated carbocycles. The second-order valence-corrected chi connectivity index (χ2v) is 2.98. The zero-order valence-electron chi connectivity index (χ0n) is 5.29. The molecule has 1 atom stereocenters. The fraction of sp³-hybridized carbons (Fsp3) is 0.333. The van der Waals surface area contributed by atoms with Crippen LogP contribution in [0, 0.1) is 0 Å². The third-order valence-electron chi connectivity index (χ3n) is 1.22. The Morgan fingerprint density at radius 2 is 2.33 bits per heavy atom. The van der Waals surface area contributed by atoms with Crippen molar-refractivity contribution in [3.63, 3.8) is 0 Å². The van der Waals surface area contributed by atoms with Gasteiger partial charge in [-0.15, -0.1) is 11.3 Å². The molecular formula is C6H10N2S. The van der Waals surface area contributed by atoms with Crippen molar-refractivity contribution in [2.45, 2.75) is 13.0 Å². The average molecular weight is 142 g/mol. The summed E-state index contributed by atoms with van der Waals surface area (Å²) in [7, 11) is 0. The lowest BCUT2D eigenvalue weighted by atomic mass is 10.2. The Morgan fingerprint density at radius 1 is 1.67 bits per heavy atom. The molecule has 0 bridgehead atoms. The second-order valence-electron chi connectivity index (χ2n) is 2.03. The van der Waals surface area contributed by atoms with Crippen LogP contribution >= 0.6 is 11.3 Å². The smallest absolute Gasteiger partial charge is 0.0904 e. The van der Waals surface area contributed by atoms with E-state index in [1.165, 1.54) is 11.3 Å². The van der Waals surface area contributed by atoms with Crippen LogP contribution in [0.2, 0.25) is 0 Å². The second kappa shape index (κ2) is 2.37.